The van der Waals surface area contributed by atoms with Crippen molar-refractivity contribution in [2.45, 2.75) is 72.6 Å². The van der Waals surface area contributed by atoms with Gasteiger partial charge < -0.3 is 5.32 Å². The number of Topliss-reactive ketones (excluding diaryl/α,β-unsaturated/α-hetero) is 1. The topological polar surface area (TPSA) is 46.2 Å². The molecule has 0 heterocycles. The van der Waals surface area contributed by atoms with Gasteiger partial charge in [0.2, 0.25) is 5.91 Å². The largest absolute Gasteiger partial charge is 0.356 e. The smallest absolute Gasteiger partial charge is 0.222 e. The number of hydrogen-bond acceptors (Lipinski definition) is 2. The number of ketones is 1. The quantitative estimate of drug-likeness (QED) is 0.581. The van der Waals surface area contributed by atoms with Crippen molar-refractivity contribution < 1.29 is 9.59 Å². The van der Waals surface area contributed by atoms with Crippen LogP contribution in [-0.2, 0) is 9.59 Å². The van der Waals surface area contributed by atoms with Crippen LogP contribution < -0.4 is 5.32 Å². The van der Waals surface area contributed by atoms with E-state index in [2.05, 4.69) is 5.32 Å². The van der Waals surface area contributed by atoms with Gasteiger partial charge in [0.05, 0.1) is 0 Å². The number of carbonyl (C=O) groups excluding carboxylic acids is 2. The third-order valence-electron chi connectivity index (χ3n) is 3.32. The molecular formula is C16H31NO2. The second-order valence-electron chi connectivity index (χ2n) is 5.94. The van der Waals surface area contributed by atoms with Gasteiger partial charge in [0.25, 0.3) is 0 Å². The van der Waals surface area contributed by atoms with Crippen LogP contribution in [-0.4, -0.2) is 18.2 Å². The van der Waals surface area contributed by atoms with Crippen LogP contribution in [0.25, 0.3) is 0 Å². The maximum absolute atomic E-state index is 11.4. The molecular weight excluding hydrogens is 238 g/mol. The van der Waals surface area contributed by atoms with Crippen molar-refractivity contribution >= 4 is 11.7 Å². The number of hydrogen-bond donors (Lipinski definition) is 1. The van der Waals surface area contributed by atoms with E-state index in [0.29, 0.717) is 5.78 Å². The van der Waals surface area contributed by atoms with Crippen molar-refractivity contribution in [3.8, 4) is 0 Å². The van der Waals surface area contributed by atoms with E-state index in [-0.39, 0.29) is 17.7 Å². The van der Waals surface area contributed by atoms with E-state index in [0.717, 1.165) is 38.6 Å². The fourth-order valence-electron chi connectivity index (χ4n) is 1.84. The monoisotopic (exact) mass is 269 g/mol. The summed E-state index contributed by atoms with van der Waals surface area (Å²) in [6, 6.07) is 0. The minimum atomic E-state index is 0.0819. The normalized spacial score (nSPS) is 11.1. The van der Waals surface area contributed by atoms with Crippen LogP contribution in [0, 0.1) is 11.8 Å². The Morgan fingerprint density at radius 3 is 1.84 bits per heavy atom. The Kier molecular flexibility index (Phi) is 10.5. The first-order valence-corrected chi connectivity index (χ1v) is 7.75. The SMILES string of the molecule is CC(C)C(=O)CCCCCCCCNC(=O)C(C)C. The summed E-state index contributed by atoms with van der Waals surface area (Å²) < 4.78 is 0. The molecule has 19 heavy (non-hydrogen) atoms. The lowest BCUT2D eigenvalue weighted by molar-refractivity contribution is -0.124. The number of carbonyl (C=O) groups is 2. The molecule has 0 aliphatic rings. The van der Waals surface area contributed by atoms with Crippen molar-refractivity contribution in [2.75, 3.05) is 6.54 Å². The molecule has 0 saturated carbocycles. The van der Waals surface area contributed by atoms with Gasteiger partial charge >= 0.3 is 0 Å². The summed E-state index contributed by atoms with van der Waals surface area (Å²) in [6.07, 6.45) is 7.54. The van der Waals surface area contributed by atoms with E-state index in [4.69, 9.17) is 0 Å². The first-order chi connectivity index (χ1) is 8.95. The zero-order valence-corrected chi connectivity index (χ0v) is 13.1. The maximum Gasteiger partial charge on any atom is 0.222 e. The molecule has 1 amide bonds. The zero-order chi connectivity index (χ0) is 14.7. The number of nitrogens with one attached hydrogen (secondary N) is 1. The van der Waals surface area contributed by atoms with Crippen LogP contribution in [0.1, 0.15) is 72.6 Å². The molecule has 0 bridgehead atoms. The molecule has 1 N–H and O–H groups in total. The predicted molar refractivity (Wildman–Crippen MR) is 80.0 cm³/mol. The highest BCUT2D eigenvalue weighted by Gasteiger charge is 2.06. The van der Waals surface area contributed by atoms with Crippen LogP contribution in [0.2, 0.25) is 0 Å². The summed E-state index contributed by atoms with van der Waals surface area (Å²) in [6.45, 7) is 8.55. The zero-order valence-electron chi connectivity index (χ0n) is 13.1. The first kappa shape index (κ1) is 18.1. The summed E-state index contributed by atoms with van der Waals surface area (Å²) in [5.41, 5.74) is 0. The van der Waals surface area contributed by atoms with Crippen LogP contribution in [0.15, 0.2) is 0 Å². The standard InChI is InChI=1S/C16H31NO2/c1-13(2)15(18)11-9-7-5-6-8-10-12-17-16(19)14(3)4/h13-14H,5-12H2,1-4H3,(H,17,19). The highest BCUT2D eigenvalue weighted by Crippen LogP contribution is 2.09. The maximum atomic E-state index is 11.4. The average molecular weight is 269 g/mol. The molecule has 0 rings (SSSR count). The molecule has 0 aliphatic heterocycles. The molecule has 0 radical (unpaired) electrons. The molecule has 0 aromatic rings. The van der Waals surface area contributed by atoms with Crippen molar-refractivity contribution in [3.63, 3.8) is 0 Å². The molecule has 3 nitrogen and oxygen atoms in total. The van der Waals surface area contributed by atoms with Gasteiger partial charge in [-0.1, -0.05) is 53.4 Å². The van der Waals surface area contributed by atoms with Gasteiger partial charge in [-0.15, -0.1) is 0 Å². The predicted octanol–water partition coefficient (Wildman–Crippen LogP) is 3.71. The Morgan fingerprint density at radius 2 is 1.32 bits per heavy atom. The summed E-state index contributed by atoms with van der Waals surface area (Å²) >= 11 is 0. The van der Waals surface area contributed by atoms with Gasteiger partial charge in [-0.3, -0.25) is 9.59 Å². The van der Waals surface area contributed by atoms with Gasteiger partial charge in [-0.05, 0) is 12.8 Å². The average Bonchev–Trinajstić information content (AvgIpc) is 2.35. The minimum absolute atomic E-state index is 0.0819. The van der Waals surface area contributed by atoms with E-state index >= 15 is 0 Å². The lowest BCUT2D eigenvalue weighted by atomic mass is 10.0. The van der Waals surface area contributed by atoms with E-state index < -0.39 is 0 Å². The molecule has 0 fully saturated rings. The highest BCUT2D eigenvalue weighted by atomic mass is 16.1. The van der Waals surface area contributed by atoms with Crippen LogP contribution >= 0.6 is 0 Å². The Labute approximate surface area is 118 Å². The molecule has 0 unspecified atom stereocenters. The van der Waals surface area contributed by atoms with E-state index in [9.17, 15) is 9.59 Å². The highest BCUT2D eigenvalue weighted by molar-refractivity contribution is 5.80. The molecule has 112 valence electrons. The Bertz CT molecular complexity index is 233. The third-order valence-corrected chi connectivity index (χ3v) is 3.32. The van der Waals surface area contributed by atoms with Gasteiger partial charge in [0, 0.05) is 24.8 Å². The first-order valence-electron chi connectivity index (χ1n) is 7.75. The van der Waals surface area contributed by atoms with E-state index in [1.807, 2.05) is 27.7 Å². The van der Waals surface area contributed by atoms with Crippen molar-refractivity contribution in [2.24, 2.45) is 11.8 Å². The second-order valence-corrected chi connectivity index (χ2v) is 5.94. The van der Waals surface area contributed by atoms with Gasteiger partial charge in [-0.2, -0.15) is 0 Å². The van der Waals surface area contributed by atoms with E-state index in [1.54, 1.807) is 0 Å². The summed E-state index contributed by atoms with van der Waals surface area (Å²) in [4.78, 5) is 22.7. The molecule has 0 atom stereocenters. The fraction of sp³-hybridized carbons (Fsp3) is 0.875. The molecule has 0 saturated heterocycles. The Hall–Kier alpha value is -0.860. The Morgan fingerprint density at radius 1 is 0.789 bits per heavy atom. The number of rotatable bonds is 11. The molecule has 0 aromatic heterocycles. The van der Waals surface area contributed by atoms with Crippen molar-refractivity contribution in [1.29, 1.82) is 0 Å². The molecule has 3 heteroatoms. The molecule has 0 spiro atoms. The van der Waals surface area contributed by atoms with Gasteiger partial charge in [-0.25, -0.2) is 0 Å². The second kappa shape index (κ2) is 11.0. The third kappa shape index (κ3) is 10.7. The van der Waals surface area contributed by atoms with Crippen LogP contribution in [0.5, 0.6) is 0 Å². The van der Waals surface area contributed by atoms with Gasteiger partial charge in [0.1, 0.15) is 5.78 Å². The summed E-state index contributed by atoms with van der Waals surface area (Å²) in [5, 5.41) is 2.93. The van der Waals surface area contributed by atoms with Crippen LogP contribution in [0.4, 0.5) is 0 Å². The fourth-order valence-corrected chi connectivity index (χ4v) is 1.84. The lowest BCUT2D eigenvalue weighted by Crippen LogP contribution is -2.28. The van der Waals surface area contributed by atoms with Crippen molar-refractivity contribution in [3.05, 3.63) is 0 Å². The van der Waals surface area contributed by atoms with Crippen molar-refractivity contribution in [1.82, 2.24) is 5.32 Å². The molecule has 0 aromatic carbocycles. The number of amides is 1. The number of unbranched alkanes of at least 4 members (excludes halogenated alkanes) is 5. The summed E-state index contributed by atoms with van der Waals surface area (Å²) in [7, 11) is 0. The summed E-state index contributed by atoms with van der Waals surface area (Å²) in [5.74, 6) is 0.798. The lowest BCUT2D eigenvalue weighted by Gasteiger charge is -2.07. The molecule has 0 aliphatic carbocycles. The van der Waals surface area contributed by atoms with Gasteiger partial charge in [0.15, 0.2) is 0 Å². The van der Waals surface area contributed by atoms with Crippen LogP contribution in [0.3, 0.4) is 0 Å². The van der Waals surface area contributed by atoms with E-state index in [1.165, 1.54) is 12.8 Å². The minimum Gasteiger partial charge on any atom is -0.356 e. The Balaban J connectivity index is 3.24.